The third kappa shape index (κ3) is 3.61. The minimum absolute atomic E-state index is 0.113. The molecule has 0 aliphatic heterocycles. The zero-order valence-corrected chi connectivity index (χ0v) is 12.3. The zero-order chi connectivity index (χ0) is 13.0. The van der Waals surface area contributed by atoms with Crippen molar-refractivity contribution in [3.8, 4) is 0 Å². The van der Waals surface area contributed by atoms with E-state index in [2.05, 4.69) is 28.2 Å². The predicted octanol–water partition coefficient (Wildman–Crippen LogP) is 3.99. The van der Waals surface area contributed by atoms with Crippen molar-refractivity contribution in [3.63, 3.8) is 0 Å². The van der Waals surface area contributed by atoms with Crippen molar-refractivity contribution in [1.29, 1.82) is 0 Å². The summed E-state index contributed by atoms with van der Waals surface area (Å²) in [6.07, 6.45) is 6.38. The van der Waals surface area contributed by atoms with Crippen LogP contribution in [0.4, 0.5) is 0 Å². The monoisotopic (exact) mass is 313 g/mol. The van der Waals surface area contributed by atoms with E-state index in [-0.39, 0.29) is 5.91 Å². The third-order valence-corrected chi connectivity index (χ3v) is 4.32. The largest absolute Gasteiger partial charge is 0.444 e. The molecule has 0 radical (unpaired) electrons. The van der Waals surface area contributed by atoms with E-state index >= 15 is 0 Å². The molecule has 0 bridgehead atoms. The maximum atomic E-state index is 11.8. The Hall–Kier alpha value is -0.770. The van der Waals surface area contributed by atoms with Gasteiger partial charge in [0.2, 0.25) is 0 Å². The average molecular weight is 314 g/mol. The maximum Gasteiger partial charge on any atom is 0.287 e. The van der Waals surface area contributed by atoms with E-state index in [1.165, 1.54) is 32.1 Å². The van der Waals surface area contributed by atoms with Crippen LogP contribution in [0.25, 0.3) is 0 Å². The van der Waals surface area contributed by atoms with Crippen molar-refractivity contribution in [3.05, 3.63) is 22.6 Å². The summed E-state index contributed by atoms with van der Waals surface area (Å²) in [6, 6.07) is 3.43. The molecule has 1 aliphatic rings. The molecule has 1 amide bonds. The molecule has 1 aliphatic carbocycles. The molecule has 0 saturated heterocycles. The Morgan fingerprint density at radius 1 is 1.33 bits per heavy atom. The first-order chi connectivity index (χ1) is 8.69. The lowest BCUT2D eigenvalue weighted by Crippen LogP contribution is -2.31. The number of furan rings is 1. The average Bonchev–Trinajstić information content (AvgIpc) is 2.83. The number of nitrogens with one attached hydrogen (secondary N) is 1. The lowest BCUT2D eigenvalue weighted by atomic mass is 9.81. The Morgan fingerprint density at radius 2 is 2.00 bits per heavy atom. The molecule has 1 heterocycles. The Bertz CT molecular complexity index is 394. The maximum absolute atomic E-state index is 11.8. The molecular weight excluding hydrogens is 294 g/mol. The van der Waals surface area contributed by atoms with E-state index in [4.69, 9.17) is 4.42 Å². The van der Waals surface area contributed by atoms with Crippen LogP contribution in [0.1, 0.15) is 49.6 Å². The molecule has 3 nitrogen and oxygen atoms in total. The Morgan fingerprint density at radius 3 is 2.56 bits per heavy atom. The van der Waals surface area contributed by atoms with Crippen molar-refractivity contribution < 1.29 is 9.21 Å². The van der Waals surface area contributed by atoms with Gasteiger partial charge < -0.3 is 9.73 Å². The standard InChI is InChI=1S/C14H20BrNO2/c1-2-10-3-5-11(6-4-10)9-16-14(17)12-7-8-13(15)18-12/h7-8,10-11H,2-6,9H2,1H3,(H,16,17). The van der Waals surface area contributed by atoms with Crippen LogP contribution in [0.2, 0.25) is 0 Å². The van der Waals surface area contributed by atoms with E-state index in [0.717, 1.165) is 12.5 Å². The Balaban J connectivity index is 1.74. The molecule has 1 N–H and O–H groups in total. The summed E-state index contributed by atoms with van der Waals surface area (Å²) in [5.74, 6) is 1.80. The van der Waals surface area contributed by atoms with Gasteiger partial charge in [-0.05, 0) is 52.7 Å². The van der Waals surface area contributed by atoms with Crippen LogP contribution < -0.4 is 5.32 Å². The van der Waals surface area contributed by atoms with Crippen molar-refractivity contribution in [2.75, 3.05) is 6.54 Å². The number of hydrogen-bond donors (Lipinski definition) is 1. The number of halogens is 1. The number of amides is 1. The van der Waals surface area contributed by atoms with Gasteiger partial charge in [-0.1, -0.05) is 26.2 Å². The van der Waals surface area contributed by atoms with E-state index in [9.17, 15) is 4.79 Å². The highest BCUT2D eigenvalue weighted by Gasteiger charge is 2.20. The van der Waals surface area contributed by atoms with Crippen molar-refractivity contribution in [2.24, 2.45) is 11.8 Å². The van der Waals surface area contributed by atoms with Crippen molar-refractivity contribution >= 4 is 21.8 Å². The minimum atomic E-state index is -0.113. The van der Waals surface area contributed by atoms with Gasteiger partial charge in [0, 0.05) is 6.54 Å². The van der Waals surface area contributed by atoms with Crippen LogP contribution in [0.3, 0.4) is 0 Å². The molecule has 0 aromatic carbocycles. The summed E-state index contributed by atoms with van der Waals surface area (Å²) in [5.41, 5.74) is 0. The highest BCUT2D eigenvalue weighted by atomic mass is 79.9. The lowest BCUT2D eigenvalue weighted by molar-refractivity contribution is 0.0912. The molecule has 0 spiro atoms. The van der Waals surface area contributed by atoms with Crippen LogP contribution >= 0.6 is 15.9 Å². The van der Waals surface area contributed by atoms with Crippen LogP contribution in [0.15, 0.2) is 21.2 Å². The molecule has 0 unspecified atom stereocenters. The van der Waals surface area contributed by atoms with Crippen molar-refractivity contribution in [2.45, 2.75) is 39.0 Å². The molecule has 18 heavy (non-hydrogen) atoms. The summed E-state index contributed by atoms with van der Waals surface area (Å²) in [4.78, 5) is 11.8. The summed E-state index contributed by atoms with van der Waals surface area (Å²) in [7, 11) is 0. The Kier molecular flexibility index (Phi) is 4.87. The smallest absolute Gasteiger partial charge is 0.287 e. The molecular formula is C14H20BrNO2. The number of hydrogen-bond acceptors (Lipinski definition) is 2. The fraction of sp³-hybridized carbons (Fsp3) is 0.643. The fourth-order valence-electron chi connectivity index (χ4n) is 2.60. The molecule has 4 heteroatoms. The highest BCUT2D eigenvalue weighted by Crippen LogP contribution is 2.30. The van der Waals surface area contributed by atoms with E-state index in [1.54, 1.807) is 12.1 Å². The van der Waals surface area contributed by atoms with Gasteiger partial charge in [-0.2, -0.15) is 0 Å². The second-order valence-corrected chi connectivity index (χ2v) is 5.89. The molecule has 0 atom stereocenters. The van der Waals surface area contributed by atoms with Gasteiger partial charge in [0.25, 0.3) is 5.91 Å². The fourth-order valence-corrected chi connectivity index (χ4v) is 2.91. The van der Waals surface area contributed by atoms with Gasteiger partial charge in [0.05, 0.1) is 0 Å². The van der Waals surface area contributed by atoms with Crippen molar-refractivity contribution in [1.82, 2.24) is 5.32 Å². The number of carbonyl (C=O) groups is 1. The van der Waals surface area contributed by atoms with E-state index in [0.29, 0.717) is 16.3 Å². The molecule has 1 aromatic rings. The summed E-state index contributed by atoms with van der Waals surface area (Å²) in [5, 5.41) is 2.96. The molecule has 1 aromatic heterocycles. The minimum Gasteiger partial charge on any atom is -0.444 e. The second-order valence-electron chi connectivity index (χ2n) is 5.11. The van der Waals surface area contributed by atoms with Crippen LogP contribution in [-0.2, 0) is 0 Å². The summed E-state index contributed by atoms with van der Waals surface area (Å²) < 4.78 is 5.82. The zero-order valence-electron chi connectivity index (χ0n) is 10.7. The van der Waals surface area contributed by atoms with Gasteiger partial charge in [-0.3, -0.25) is 4.79 Å². The van der Waals surface area contributed by atoms with Crippen LogP contribution in [-0.4, -0.2) is 12.5 Å². The number of rotatable bonds is 4. The van der Waals surface area contributed by atoms with Gasteiger partial charge >= 0.3 is 0 Å². The topological polar surface area (TPSA) is 42.2 Å². The predicted molar refractivity (Wildman–Crippen MR) is 74.5 cm³/mol. The first kappa shape index (κ1) is 13.7. The quantitative estimate of drug-likeness (QED) is 0.913. The van der Waals surface area contributed by atoms with E-state index < -0.39 is 0 Å². The van der Waals surface area contributed by atoms with Gasteiger partial charge in [0.15, 0.2) is 10.4 Å². The van der Waals surface area contributed by atoms with Gasteiger partial charge in [-0.15, -0.1) is 0 Å². The van der Waals surface area contributed by atoms with E-state index in [1.807, 2.05) is 0 Å². The van der Waals surface area contributed by atoms with Crippen LogP contribution in [0, 0.1) is 11.8 Å². The summed E-state index contributed by atoms with van der Waals surface area (Å²) >= 11 is 3.20. The number of carbonyl (C=O) groups excluding carboxylic acids is 1. The second kappa shape index (κ2) is 6.41. The van der Waals surface area contributed by atoms with Crippen LogP contribution in [0.5, 0.6) is 0 Å². The first-order valence-corrected chi connectivity index (χ1v) is 7.52. The third-order valence-electron chi connectivity index (χ3n) is 3.89. The molecule has 100 valence electrons. The molecule has 1 saturated carbocycles. The van der Waals surface area contributed by atoms with Gasteiger partial charge in [0.1, 0.15) is 0 Å². The normalized spacial score (nSPS) is 23.9. The van der Waals surface area contributed by atoms with Gasteiger partial charge in [-0.25, -0.2) is 0 Å². The Labute approximate surface area is 116 Å². The molecule has 2 rings (SSSR count). The highest BCUT2D eigenvalue weighted by molar-refractivity contribution is 9.10. The lowest BCUT2D eigenvalue weighted by Gasteiger charge is -2.27. The first-order valence-electron chi connectivity index (χ1n) is 6.72. The summed E-state index contributed by atoms with van der Waals surface area (Å²) in [6.45, 7) is 3.04. The SMILES string of the molecule is CCC1CCC(CNC(=O)c2ccc(Br)o2)CC1. The molecule has 1 fully saturated rings.